The maximum atomic E-state index is 15.2. The molecule has 0 saturated heterocycles. The highest BCUT2D eigenvalue weighted by Gasteiger charge is 2.22. The third-order valence-corrected chi connectivity index (χ3v) is 7.98. The van der Waals surface area contributed by atoms with Crippen molar-refractivity contribution < 1.29 is 4.39 Å². The van der Waals surface area contributed by atoms with Crippen LogP contribution in [-0.2, 0) is 11.8 Å². The van der Waals surface area contributed by atoms with Crippen LogP contribution < -0.4 is 0 Å². The summed E-state index contributed by atoms with van der Waals surface area (Å²) in [5.41, 5.74) is 5.97. The largest absolute Gasteiger partial charge is 0.252 e. The van der Waals surface area contributed by atoms with Crippen LogP contribution in [0.1, 0.15) is 58.2 Å². The van der Waals surface area contributed by atoms with Gasteiger partial charge in [-0.25, -0.2) is 4.39 Å². The molecule has 2 aromatic heterocycles. The summed E-state index contributed by atoms with van der Waals surface area (Å²) in [7, 11) is 0. The minimum absolute atomic E-state index is 0.0205. The molecule has 3 aromatic carbocycles. The lowest BCUT2D eigenvalue weighted by Gasteiger charge is -2.22. The average molecular weight is 470 g/mol. The molecule has 5 rings (SSSR count). The van der Waals surface area contributed by atoms with Gasteiger partial charge in [-0.1, -0.05) is 77.9 Å². The van der Waals surface area contributed by atoms with Crippen LogP contribution in [0, 0.1) is 18.2 Å². The topological polar surface area (TPSA) is 12.9 Å². The van der Waals surface area contributed by atoms with Crippen LogP contribution in [0.4, 0.5) is 4.39 Å². The minimum atomic E-state index is -0.246. The molecule has 0 unspecified atom stereocenters. The Hall–Kier alpha value is -2.78. The molecule has 0 aliphatic rings. The van der Waals surface area contributed by atoms with Gasteiger partial charge in [0.15, 0.2) is 5.82 Å². The molecule has 0 saturated carbocycles. The van der Waals surface area contributed by atoms with E-state index >= 15 is 4.39 Å². The molecule has 0 radical (unpaired) electrons. The number of hydrogen-bond donors (Lipinski definition) is 0. The highest BCUT2D eigenvalue weighted by molar-refractivity contribution is 7.26. The lowest BCUT2D eigenvalue weighted by atomic mass is 9.82. The van der Waals surface area contributed by atoms with Crippen molar-refractivity contribution in [2.24, 2.45) is 5.41 Å². The van der Waals surface area contributed by atoms with E-state index in [0.717, 1.165) is 27.8 Å². The number of hydrogen-bond acceptors (Lipinski definition) is 2. The monoisotopic (exact) mass is 469 g/mol. The highest BCUT2D eigenvalue weighted by atomic mass is 32.1. The van der Waals surface area contributed by atoms with Crippen molar-refractivity contribution in [1.29, 1.82) is 0 Å². The first kappa shape index (κ1) is 23.0. The normalized spacial score (nSPS) is 12.8. The summed E-state index contributed by atoms with van der Waals surface area (Å²) in [6.07, 6.45) is 2.39. The molecular formula is C31H32FNS. The smallest absolute Gasteiger partial charge is 0.150 e. The van der Waals surface area contributed by atoms with Crippen LogP contribution in [0.5, 0.6) is 0 Å². The number of aromatic nitrogens is 1. The van der Waals surface area contributed by atoms with Gasteiger partial charge in [0.2, 0.25) is 0 Å². The summed E-state index contributed by atoms with van der Waals surface area (Å²) in [5.74, 6) is -0.246. The van der Waals surface area contributed by atoms with E-state index in [2.05, 4.69) is 102 Å². The van der Waals surface area contributed by atoms with E-state index in [1.54, 1.807) is 11.3 Å². The van der Waals surface area contributed by atoms with Gasteiger partial charge >= 0.3 is 0 Å². The summed E-state index contributed by atoms with van der Waals surface area (Å²) in [5, 5.41) is 4.14. The third kappa shape index (κ3) is 3.90. The van der Waals surface area contributed by atoms with Crippen molar-refractivity contribution >= 4 is 42.3 Å². The van der Waals surface area contributed by atoms with Crippen LogP contribution in [0.25, 0.3) is 42.2 Å². The van der Waals surface area contributed by atoms with Gasteiger partial charge in [-0.15, -0.1) is 11.3 Å². The molecule has 5 aromatic rings. The first-order valence-electron chi connectivity index (χ1n) is 12.0. The lowest BCUT2D eigenvalue weighted by Crippen LogP contribution is -2.12. The van der Waals surface area contributed by atoms with Gasteiger partial charge in [-0.3, -0.25) is 4.98 Å². The molecule has 1 nitrogen and oxygen atoms in total. The molecule has 174 valence electrons. The molecule has 0 atom stereocenters. The summed E-state index contributed by atoms with van der Waals surface area (Å²) < 4.78 is 17.3. The molecule has 0 amide bonds. The molecule has 0 bridgehead atoms. The first-order valence-corrected chi connectivity index (χ1v) is 12.8. The third-order valence-electron chi connectivity index (χ3n) is 6.64. The molecular weight excluding hydrogens is 437 g/mol. The maximum absolute atomic E-state index is 15.2. The van der Waals surface area contributed by atoms with Crippen molar-refractivity contribution in [3.63, 3.8) is 0 Å². The zero-order valence-electron chi connectivity index (χ0n) is 21.1. The standard InChI is InChI=1S/C31H32FNS/c1-18-20(16-30(2,3)4)12-13-23-26-25(32)17-33-27(29(26)34-28(18)23)21-14-19-10-8-9-11-22(19)24(15-21)31(5,6)7/h8-15,17H,16H2,1-7H3. The summed E-state index contributed by atoms with van der Waals surface area (Å²) in [6.45, 7) is 15.7. The Balaban J connectivity index is 1.81. The number of fused-ring (bicyclic) bond motifs is 4. The highest BCUT2D eigenvalue weighted by Crippen LogP contribution is 2.44. The van der Waals surface area contributed by atoms with Gasteiger partial charge < -0.3 is 0 Å². The number of pyridine rings is 1. The van der Waals surface area contributed by atoms with Crippen LogP contribution in [0.2, 0.25) is 0 Å². The second-order valence-electron chi connectivity index (χ2n) is 11.7. The lowest BCUT2D eigenvalue weighted by molar-refractivity contribution is 0.410. The van der Waals surface area contributed by atoms with Gasteiger partial charge in [0.25, 0.3) is 0 Å². The molecule has 0 fully saturated rings. The molecule has 0 spiro atoms. The van der Waals surface area contributed by atoms with E-state index in [1.807, 2.05) is 0 Å². The summed E-state index contributed by atoms with van der Waals surface area (Å²) >= 11 is 1.68. The van der Waals surface area contributed by atoms with E-state index in [4.69, 9.17) is 0 Å². The number of thiophene rings is 1. The molecule has 0 aliphatic heterocycles. The van der Waals surface area contributed by atoms with E-state index < -0.39 is 0 Å². The average Bonchev–Trinajstić information content (AvgIpc) is 3.15. The molecule has 0 aliphatic carbocycles. The van der Waals surface area contributed by atoms with Crippen LogP contribution >= 0.6 is 11.3 Å². The van der Waals surface area contributed by atoms with Gasteiger partial charge in [-0.2, -0.15) is 0 Å². The predicted octanol–water partition coefficient (Wildman–Crippen LogP) is 9.60. The fourth-order valence-corrected chi connectivity index (χ4v) is 6.37. The first-order chi connectivity index (χ1) is 15.9. The van der Waals surface area contributed by atoms with E-state index in [1.165, 1.54) is 38.4 Å². The number of benzene rings is 3. The Morgan fingerprint density at radius 2 is 1.62 bits per heavy atom. The fraction of sp³-hybridized carbons (Fsp3) is 0.323. The fourth-order valence-electron chi connectivity index (χ4n) is 5.02. The Labute approximate surface area is 205 Å². The number of rotatable bonds is 2. The molecule has 0 N–H and O–H groups in total. The second kappa shape index (κ2) is 7.88. The van der Waals surface area contributed by atoms with Crippen LogP contribution in [-0.4, -0.2) is 4.98 Å². The predicted molar refractivity (Wildman–Crippen MR) is 147 cm³/mol. The Kier molecular flexibility index (Phi) is 5.33. The van der Waals surface area contributed by atoms with Crippen LogP contribution in [0.3, 0.4) is 0 Å². The maximum Gasteiger partial charge on any atom is 0.150 e. The SMILES string of the molecule is Cc1c(CC(C)(C)C)ccc2c1sc1c(-c3cc(C(C)(C)C)c4ccccc4c3)ncc(F)c12. The number of nitrogens with zero attached hydrogens (tertiary/aromatic N) is 1. The van der Waals surface area contributed by atoms with Crippen molar-refractivity contribution in [2.45, 2.75) is 60.3 Å². The zero-order valence-corrected chi connectivity index (χ0v) is 22.0. The number of aryl methyl sites for hydroxylation is 1. The van der Waals surface area contributed by atoms with Gasteiger partial charge in [0, 0.05) is 21.0 Å². The Morgan fingerprint density at radius 1 is 0.882 bits per heavy atom. The zero-order chi connectivity index (χ0) is 24.4. The summed E-state index contributed by atoms with van der Waals surface area (Å²) in [6, 6.07) is 17.3. The quantitative estimate of drug-likeness (QED) is 0.251. The van der Waals surface area contributed by atoms with Gasteiger partial charge in [-0.05, 0) is 63.8 Å². The van der Waals surface area contributed by atoms with Crippen molar-refractivity contribution in [3.05, 3.63) is 77.2 Å². The molecule has 2 heterocycles. The van der Waals surface area contributed by atoms with Crippen LogP contribution in [0.15, 0.2) is 54.7 Å². The van der Waals surface area contributed by atoms with Crippen molar-refractivity contribution in [2.75, 3.05) is 0 Å². The van der Waals surface area contributed by atoms with E-state index in [-0.39, 0.29) is 16.6 Å². The van der Waals surface area contributed by atoms with Gasteiger partial charge in [0.05, 0.1) is 16.6 Å². The second-order valence-corrected chi connectivity index (χ2v) is 12.7. The Bertz CT molecular complexity index is 1560. The molecule has 34 heavy (non-hydrogen) atoms. The number of halogens is 1. The minimum Gasteiger partial charge on any atom is -0.252 e. The van der Waals surface area contributed by atoms with Gasteiger partial charge in [0.1, 0.15) is 0 Å². The van der Waals surface area contributed by atoms with E-state index in [9.17, 15) is 0 Å². The van der Waals surface area contributed by atoms with Crippen molar-refractivity contribution in [3.8, 4) is 11.3 Å². The summed E-state index contributed by atoms with van der Waals surface area (Å²) in [4.78, 5) is 4.65. The van der Waals surface area contributed by atoms with E-state index in [0.29, 0.717) is 5.39 Å². The Morgan fingerprint density at radius 3 is 2.32 bits per heavy atom. The molecule has 3 heteroatoms. The van der Waals surface area contributed by atoms with Crippen molar-refractivity contribution in [1.82, 2.24) is 4.98 Å².